The van der Waals surface area contributed by atoms with Crippen molar-refractivity contribution < 1.29 is 19.7 Å². The van der Waals surface area contributed by atoms with Crippen molar-refractivity contribution >= 4 is 23.2 Å². The Balaban J connectivity index is 1.21. The zero-order valence-electron chi connectivity index (χ0n) is 25.8. The summed E-state index contributed by atoms with van der Waals surface area (Å²) in [5.41, 5.74) is 5.43. The zero-order valence-corrected chi connectivity index (χ0v) is 27.4. The zero-order chi connectivity index (χ0) is 32.2. The lowest BCUT2D eigenvalue weighted by Crippen LogP contribution is -2.36. The van der Waals surface area contributed by atoms with Gasteiger partial charge in [0.1, 0.15) is 11.4 Å². The highest BCUT2D eigenvalue weighted by Crippen LogP contribution is 2.42. The Labute approximate surface area is 278 Å². The van der Waals surface area contributed by atoms with Crippen molar-refractivity contribution in [3.8, 4) is 45.4 Å². The van der Waals surface area contributed by atoms with Gasteiger partial charge in [0.05, 0.1) is 60.3 Å². The molecule has 0 bridgehead atoms. The van der Waals surface area contributed by atoms with Crippen LogP contribution in [0.5, 0.6) is 11.8 Å². The molecule has 0 aliphatic heterocycles. The van der Waals surface area contributed by atoms with E-state index in [0.717, 1.165) is 49.9 Å². The molecular weight excluding hydrogens is 627 g/mol. The maximum absolute atomic E-state index is 9.52. The number of rotatable bonds is 13. The lowest BCUT2D eigenvalue weighted by molar-refractivity contribution is 0.0426. The number of methoxy groups -OCH3 is 2. The molecule has 2 fully saturated rings. The molecule has 2 aromatic carbocycles. The third-order valence-corrected chi connectivity index (χ3v) is 9.54. The van der Waals surface area contributed by atoms with Gasteiger partial charge in [0.15, 0.2) is 0 Å². The van der Waals surface area contributed by atoms with Crippen LogP contribution in [0, 0.1) is 11.8 Å². The maximum Gasteiger partial charge on any atom is 0.237 e. The van der Waals surface area contributed by atoms with Crippen LogP contribution in [0.15, 0.2) is 48.8 Å². The van der Waals surface area contributed by atoms with Gasteiger partial charge >= 0.3 is 0 Å². The Morgan fingerprint density at radius 3 is 1.43 bits per heavy atom. The molecule has 4 N–H and O–H groups in total. The summed E-state index contributed by atoms with van der Waals surface area (Å²) in [4.78, 5) is 18.7. The smallest absolute Gasteiger partial charge is 0.237 e. The van der Waals surface area contributed by atoms with E-state index < -0.39 is 0 Å². The minimum Gasteiger partial charge on any atom is -0.480 e. The monoisotopic (exact) mass is 664 g/mol. The van der Waals surface area contributed by atoms with Gasteiger partial charge in [-0.2, -0.15) is 0 Å². The van der Waals surface area contributed by atoms with E-state index in [2.05, 4.69) is 20.6 Å². The van der Waals surface area contributed by atoms with Gasteiger partial charge in [-0.15, -0.1) is 0 Å². The molecule has 4 aromatic rings. The summed E-state index contributed by atoms with van der Waals surface area (Å²) >= 11 is 14.1. The minimum atomic E-state index is -0.172. The summed E-state index contributed by atoms with van der Waals surface area (Å²) in [6, 6.07) is 11.4. The number of aliphatic hydroxyl groups is 2. The predicted octanol–water partition coefficient (Wildman–Crippen LogP) is 5.31. The average Bonchev–Trinajstić information content (AvgIpc) is 3.03. The van der Waals surface area contributed by atoms with E-state index in [4.69, 9.17) is 42.6 Å². The van der Waals surface area contributed by atoms with Gasteiger partial charge in [0, 0.05) is 35.3 Å². The summed E-state index contributed by atoms with van der Waals surface area (Å²) in [7, 11) is 3.15. The Hall–Kier alpha value is -3.38. The van der Waals surface area contributed by atoms with Gasteiger partial charge in [0.25, 0.3) is 0 Å². The molecule has 12 heteroatoms. The topological polar surface area (TPSA) is 135 Å². The van der Waals surface area contributed by atoms with Gasteiger partial charge in [-0.3, -0.25) is 9.97 Å². The minimum absolute atomic E-state index is 0.172. The average molecular weight is 666 g/mol. The molecule has 10 nitrogen and oxygen atoms in total. The SMILES string of the molecule is COc1nc(-c2cccc(-c3cccc(-c4cnc(CNCC5CC(O)C5)c(OC)n4)c3Cl)c2Cl)cnc1CNCC1CC(O)C1. The second-order valence-corrected chi connectivity index (χ2v) is 12.8. The summed E-state index contributed by atoms with van der Waals surface area (Å²) in [5.74, 6) is 1.81. The van der Waals surface area contributed by atoms with Crippen molar-refractivity contribution in [2.24, 2.45) is 11.8 Å². The molecule has 2 saturated carbocycles. The number of nitrogens with zero attached hydrogens (tertiary/aromatic N) is 4. The molecule has 0 spiro atoms. The first-order valence-corrected chi connectivity index (χ1v) is 16.3. The van der Waals surface area contributed by atoms with E-state index in [1.807, 2.05) is 36.4 Å². The van der Waals surface area contributed by atoms with Crippen molar-refractivity contribution in [1.82, 2.24) is 30.6 Å². The summed E-state index contributed by atoms with van der Waals surface area (Å²) in [5, 5.41) is 26.8. The second-order valence-electron chi connectivity index (χ2n) is 12.0. The normalized spacial score (nSPS) is 20.6. The molecular formula is C34H38Cl2N6O4. The molecule has 2 heterocycles. The highest BCUT2D eigenvalue weighted by molar-refractivity contribution is 6.39. The van der Waals surface area contributed by atoms with Crippen LogP contribution in [0.4, 0.5) is 0 Å². The summed E-state index contributed by atoms with van der Waals surface area (Å²) in [6.07, 6.45) is 6.37. The molecule has 6 rings (SSSR count). The molecule has 2 aliphatic carbocycles. The van der Waals surface area contributed by atoms with Crippen LogP contribution >= 0.6 is 23.2 Å². The summed E-state index contributed by atoms with van der Waals surface area (Å²) in [6.45, 7) is 2.64. The van der Waals surface area contributed by atoms with Gasteiger partial charge in [-0.25, -0.2) is 9.97 Å². The van der Waals surface area contributed by atoms with Crippen LogP contribution in [-0.2, 0) is 13.1 Å². The van der Waals surface area contributed by atoms with Crippen molar-refractivity contribution in [3.63, 3.8) is 0 Å². The Morgan fingerprint density at radius 1 is 0.674 bits per heavy atom. The van der Waals surface area contributed by atoms with Crippen LogP contribution in [0.3, 0.4) is 0 Å². The fraction of sp³-hybridized carbons (Fsp3) is 0.412. The molecule has 46 heavy (non-hydrogen) atoms. The number of hydrogen-bond donors (Lipinski definition) is 4. The molecule has 0 amide bonds. The molecule has 0 unspecified atom stereocenters. The maximum atomic E-state index is 9.52. The lowest BCUT2D eigenvalue weighted by atomic mass is 9.82. The van der Waals surface area contributed by atoms with Crippen molar-refractivity contribution in [2.45, 2.75) is 51.0 Å². The van der Waals surface area contributed by atoms with Gasteiger partial charge in [-0.1, -0.05) is 59.6 Å². The first kappa shape index (κ1) is 32.6. The highest BCUT2D eigenvalue weighted by atomic mass is 35.5. The van der Waals surface area contributed by atoms with Crippen LogP contribution < -0.4 is 20.1 Å². The Bertz CT molecular complexity index is 1560. The van der Waals surface area contributed by atoms with Crippen molar-refractivity contribution in [3.05, 3.63) is 70.2 Å². The first-order valence-electron chi connectivity index (χ1n) is 15.5. The van der Waals surface area contributed by atoms with Crippen LogP contribution in [-0.4, -0.2) is 69.7 Å². The first-order chi connectivity index (χ1) is 22.3. The number of halogens is 2. The quantitative estimate of drug-likeness (QED) is 0.149. The molecule has 0 saturated heterocycles. The van der Waals surface area contributed by atoms with Gasteiger partial charge < -0.3 is 30.3 Å². The summed E-state index contributed by atoms with van der Waals surface area (Å²) < 4.78 is 11.2. The molecule has 2 aliphatic rings. The second kappa shape index (κ2) is 14.6. The van der Waals surface area contributed by atoms with Crippen LogP contribution in [0.2, 0.25) is 10.0 Å². The Kier molecular flexibility index (Phi) is 10.3. The third kappa shape index (κ3) is 7.12. The molecule has 242 valence electrons. The van der Waals surface area contributed by atoms with Crippen molar-refractivity contribution in [1.29, 1.82) is 0 Å². The number of aromatic nitrogens is 4. The predicted molar refractivity (Wildman–Crippen MR) is 178 cm³/mol. The van der Waals surface area contributed by atoms with E-state index in [9.17, 15) is 10.2 Å². The Morgan fingerprint density at radius 2 is 1.07 bits per heavy atom. The fourth-order valence-corrected chi connectivity index (χ4v) is 6.67. The number of aliphatic hydroxyl groups excluding tert-OH is 2. The number of hydrogen-bond acceptors (Lipinski definition) is 10. The lowest BCUT2D eigenvalue weighted by Gasteiger charge is -2.31. The van der Waals surface area contributed by atoms with E-state index in [-0.39, 0.29) is 12.2 Å². The molecule has 2 aromatic heterocycles. The molecule has 0 atom stereocenters. The van der Waals surface area contributed by atoms with E-state index in [1.54, 1.807) is 26.6 Å². The largest absolute Gasteiger partial charge is 0.480 e. The van der Waals surface area contributed by atoms with E-state index in [0.29, 0.717) is 80.6 Å². The number of benzene rings is 2. The van der Waals surface area contributed by atoms with Crippen LogP contribution in [0.25, 0.3) is 33.6 Å². The van der Waals surface area contributed by atoms with E-state index >= 15 is 0 Å². The fourth-order valence-electron chi connectivity index (χ4n) is 6.02. The van der Waals surface area contributed by atoms with E-state index in [1.165, 1.54) is 0 Å². The van der Waals surface area contributed by atoms with Crippen LogP contribution in [0.1, 0.15) is 37.1 Å². The number of nitrogens with one attached hydrogen (secondary N) is 2. The van der Waals surface area contributed by atoms with Gasteiger partial charge in [0.2, 0.25) is 11.8 Å². The standard InChI is InChI=1S/C34H38Cl2N6O4/c1-45-33-29(15-37-13-19-9-21(43)10-19)39-17-27(41-33)25-7-3-5-23(31(25)35)24-6-4-8-26(32(24)36)28-18-40-30(34(42-28)46-2)16-38-14-20-11-22(44)12-20/h3-8,17-22,37-38,43-44H,9-16H2,1-2H3. The highest BCUT2D eigenvalue weighted by Gasteiger charge is 2.27. The van der Waals surface area contributed by atoms with Gasteiger partial charge in [-0.05, 0) is 50.6 Å². The number of ether oxygens (including phenoxy) is 2. The molecule has 0 radical (unpaired) electrons. The van der Waals surface area contributed by atoms with Crippen molar-refractivity contribution in [2.75, 3.05) is 27.3 Å². The third-order valence-electron chi connectivity index (χ3n) is 8.72.